The Kier molecular flexibility index (Phi) is 3.03. The molecule has 2 heteroatoms. The summed E-state index contributed by atoms with van der Waals surface area (Å²) < 4.78 is 0. The third kappa shape index (κ3) is 1.81. The Labute approximate surface area is 130 Å². The summed E-state index contributed by atoms with van der Waals surface area (Å²) in [4.78, 5) is 0. The molecule has 0 bridgehead atoms. The van der Waals surface area contributed by atoms with E-state index < -0.39 is 5.60 Å². The molecule has 0 heterocycles. The standard InChI is InChI=1S/C20H18O2/c21-13-20(22,18-11-9-14-5-1-3-7-16(14)18)19-12-10-15-6-2-4-8-17(15)19/h1-12,18-19,21-22H,13H2. The molecule has 110 valence electrons. The maximum Gasteiger partial charge on any atom is 0.108 e. The van der Waals surface area contributed by atoms with Gasteiger partial charge in [0.15, 0.2) is 0 Å². The summed E-state index contributed by atoms with van der Waals surface area (Å²) in [6.45, 7) is -0.278. The minimum Gasteiger partial charge on any atom is -0.393 e. The normalized spacial score (nSPS) is 24.1. The van der Waals surface area contributed by atoms with Gasteiger partial charge in [-0.1, -0.05) is 72.8 Å². The first-order valence-electron chi connectivity index (χ1n) is 7.61. The lowest BCUT2D eigenvalue weighted by Gasteiger charge is -2.37. The Morgan fingerprint density at radius 3 is 1.68 bits per heavy atom. The number of rotatable bonds is 3. The highest BCUT2D eigenvalue weighted by Gasteiger charge is 2.46. The molecule has 2 aromatic carbocycles. The molecule has 0 fully saturated rings. The van der Waals surface area contributed by atoms with Gasteiger partial charge >= 0.3 is 0 Å². The maximum absolute atomic E-state index is 11.4. The van der Waals surface area contributed by atoms with Crippen LogP contribution in [-0.4, -0.2) is 22.4 Å². The largest absolute Gasteiger partial charge is 0.393 e. The second-order valence-corrected chi connectivity index (χ2v) is 6.08. The van der Waals surface area contributed by atoms with Crippen LogP contribution in [0.2, 0.25) is 0 Å². The monoisotopic (exact) mass is 290 g/mol. The molecular weight excluding hydrogens is 272 g/mol. The first-order chi connectivity index (χ1) is 10.7. The average molecular weight is 290 g/mol. The number of benzene rings is 2. The van der Waals surface area contributed by atoms with Crippen molar-refractivity contribution in [3.8, 4) is 0 Å². The van der Waals surface area contributed by atoms with Crippen LogP contribution in [0.4, 0.5) is 0 Å². The third-order valence-electron chi connectivity index (χ3n) is 4.93. The molecule has 2 nitrogen and oxygen atoms in total. The van der Waals surface area contributed by atoms with Crippen molar-refractivity contribution in [1.82, 2.24) is 0 Å². The van der Waals surface area contributed by atoms with E-state index in [9.17, 15) is 10.2 Å². The van der Waals surface area contributed by atoms with Crippen LogP contribution in [0.3, 0.4) is 0 Å². The van der Waals surface area contributed by atoms with Crippen molar-refractivity contribution in [1.29, 1.82) is 0 Å². The van der Waals surface area contributed by atoms with E-state index in [-0.39, 0.29) is 18.4 Å². The highest BCUT2D eigenvalue weighted by Crippen LogP contribution is 2.48. The highest BCUT2D eigenvalue weighted by molar-refractivity contribution is 5.67. The minimum atomic E-state index is -1.23. The Balaban J connectivity index is 1.80. The summed E-state index contributed by atoms with van der Waals surface area (Å²) in [6.07, 6.45) is 8.09. The summed E-state index contributed by atoms with van der Waals surface area (Å²) in [6, 6.07) is 16.1. The minimum absolute atomic E-state index is 0.200. The molecular formula is C20H18O2. The molecule has 0 aliphatic heterocycles. The fourth-order valence-electron chi connectivity index (χ4n) is 3.76. The van der Waals surface area contributed by atoms with Crippen molar-refractivity contribution < 1.29 is 10.2 Å². The first-order valence-corrected chi connectivity index (χ1v) is 7.61. The van der Waals surface area contributed by atoms with Crippen molar-refractivity contribution in [3.05, 3.63) is 82.9 Å². The molecule has 2 aromatic rings. The molecule has 2 aliphatic carbocycles. The molecule has 2 aliphatic rings. The van der Waals surface area contributed by atoms with E-state index in [0.717, 1.165) is 22.3 Å². The van der Waals surface area contributed by atoms with Gasteiger partial charge in [-0.25, -0.2) is 0 Å². The predicted octanol–water partition coefficient (Wildman–Crippen LogP) is 3.33. The lowest BCUT2D eigenvalue weighted by atomic mass is 9.73. The van der Waals surface area contributed by atoms with Gasteiger partial charge in [0.25, 0.3) is 0 Å². The number of hydrogen-bond acceptors (Lipinski definition) is 2. The van der Waals surface area contributed by atoms with Crippen LogP contribution >= 0.6 is 0 Å². The van der Waals surface area contributed by atoms with Gasteiger partial charge in [0.1, 0.15) is 5.60 Å². The maximum atomic E-state index is 11.4. The average Bonchev–Trinajstić information content (AvgIpc) is 3.19. The van der Waals surface area contributed by atoms with Crippen LogP contribution < -0.4 is 0 Å². The molecule has 0 spiro atoms. The summed E-state index contributed by atoms with van der Waals surface area (Å²) in [5, 5.41) is 21.4. The smallest absolute Gasteiger partial charge is 0.108 e. The molecule has 2 unspecified atom stereocenters. The summed E-state index contributed by atoms with van der Waals surface area (Å²) in [5.41, 5.74) is 3.17. The molecule has 2 atom stereocenters. The Morgan fingerprint density at radius 2 is 1.23 bits per heavy atom. The zero-order valence-corrected chi connectivity index (χ0v) is 12.2. The van der Waals surface area contributed by atoms with Crippen molar-refractivity contribution in [2.24, 2.45) is 0 Å². The zero-order valence-electron chi connectivity index (χ0n) is 12.2. The summed E-state index contributed by atoms with van der Waals surface area (Å²) in [5.74, 6) is -0.399. The van der Waals surface area contributed by atoms with E-state index in [1.807, 2.05) is 72.8 Å². The molecule has 0 radical (unpaired) electrons. The lowest BCUT2D eigenvalue weighted by Crippen LogP contribution is -2.44. The Morgan fingerprint density at radius 1 is 0.773 bits per heavy atom. The van der Waals surface area contributed by atoms with Crippen LogP contribution in [0.1, 0.15) is 34.1 Å². The Hall–Kier alpha value is -2.16. The van der Waals surface area contributed by atoms with E-state index in [1.54, 1.807) is 0 Å². The van der Waals surface area contributed by atoms with Crippen LogP contribution in [0.15, 0.2) is 60.7 Å². The van der Waals surface area contributed by atoms with Gasteiger partial charge in [-0.05, 0) is 22.3 Å². The second kappa shape index (κ2) is 4.94. The molecule has 0 aromatic heterocycles. The van der Waals surface area contributed by atoms with Gasteiger partial charge in [-0.3, -0.25) is 0 Å². The molecule has 22 heavy (non-hydrogen) atoms. The third-order valence-corrected chi connectivity index (χ3v) is 4.93. The number of aliphatic hydroxyl groups excluding tert-OH is 1. The van der Waals surface area contributed by atoms with Gasteiger partial charge in [0, 0.05) is 11.8 Å². The topological polar surface area (TPSA) is 40.5 Å². The summed E-state index contributed by atoms with van der Waals surface area (Å²) in [7, 11) is 0. The number of fused-ring (bicyclic) bond motifs is 2. The highest BCUT2D eigenvalue weighted by atomic mass is 16.3. The number of aliphatic hydroxyl groups is 2. The van der Waals surface area contributed by atoms with Gasteiger partial charge < -0.3 is 10.2 Å². The van der Waals surface area contributed by atoms with Gasteiger partial charge in [-0.2, -0.15) is 0 Å². The molecule has 0 saturated carbocycles. The molecule has 0 saturated heterocycles. The molecule has 0 amide bonds. The molecule has 4 rings (SSSR count). The Bertz CT molecular complexity index is 711. The van der Waals surface area contributed by atoms with E-state index in [4.69, 9.17) is 0 Å². The quantitative estimate of drug-likeness (QED) is 0.910. The van der Waals surface area contributed by atoms with Crippen LogP contribution in [0.5, 0.6) is 0 Å². The fourth-order valence-corrected chi connectivity index (χ4v) is 3.76. The van der Waals surface area contributed by atoms with Crippen molar-refractivity contribution >= 4 is 12.2 Å². The van der Waals surface area contributed by atoms with Gasteiger partial charge in [0.05, 0.1) is 6.61 Å². The van der Waals surface area contributed by atoms with Gasteiger partial charge in [0.2, 0.25) is 0 Å². The predicted molar refractivity (Wildman–Crippen MR) is 88.5 cm³/mol. The second-order valence-electron chi connectivity index (χ2n) is 6.08. The van der Waals surface area contributed by atoms with Crippen molar-refractivity contribution in [2.75, 3.05) is 6.61 Å². The lowest BCUT2D eigenvalue weighted by molar-refractivity contribution is -0.0362. The van der Waals surface area contributed by atoms with Gasteiger partial charge in [-0.15, -0.1) is 0 Å². The first kappa shape index (κ1) is 13.5. The SMILES string of the molecule is OCC(O)(C1C=Cc2ccccc21)C1C=Cc2ccccc21. The van der Waals surface area contributed by atoms with Crippen molar-refractivity contribution in [2.45, 2.75) is 17.4 Å². The fraction of sp³-hybridized carbons (Fsp3) is 0.200. The van der Waals surface area contributed by atoms with Crippen LogP contribution in [0, 0.1) is 0 Å². The molecule has 2 N–H and O–H groups in total. The van der Waals surface area contributed by atoms with E-state index in [1.165, 1.54) is 0 Å². The van der Waals surface area contributed by atoms with Crippen LogP contribution in [-0.2, 0) is 0 Å². The van der Waals surface area contributed by atoms with E-state index >= 15 is 0 Å². The van der Waals surface area contributed by atoms with Crippen molar-refractivity contribution in [3.63, 3.8) is 0 Å². The van der Waals surface area contributed by atoms with E-state index in [2.05, 4.69) is 0 Å². The van der Waals surface area contributed by atoms with Crippen LogP contribution in [0.25, 0.3) is 12.2 Å². The number of hydrogen-bond donors (Lipinski definition) is 2. The zero-order chi connectivity index (χ0) is 15.2. The summed E-state index contributed by atoms with van der Waals surface area (Å²) >= 11 is 0. The van der Waals surface area contributed by atoms with E-state index in [0.29, 0.717) is 0 Å².